The second-order valence-electron chi connectivity index (χ2n) is 21.1. The Bertz CT molecular complexity index is 1260. The monoisotopic (exact) mass is 988 g/mol. The van der Waals surface area contributed by atoms with E-state index in [1.807, 2.05) is 6.08 Å². The van der Waals surface area contributed by atoms with Crippen molar-refractivity contribution in [3.63, 3.8) is 0 Å². The van der Waals surface area contributed by atoms with Gasteiger partial charge in [-0.2, -0.15) is 0 Å². The Kier molecular flexibility index (Phi) is 59.8. The van der Waals surface area contributed by atoms with Crippen LogP contribution in [0.1, 0.15) is 316 Å². The number of aliphatic hydroxyl groups excluding tert-OH is 2. The first-order valence-electron chi connectivity index (χ1n) is 31.3. The molecule has 2 unspecified atom stereocenters. The lowest BCUT2D eigenvalue weighted by atomic mass is 10.0. The molecule has 0 aromatic heterocycles. The van der Waals surface area contributed by atoms with Gasteiger partial charge in [-0.25, -0.2) is 0 Å². The number of hydrogen-bond acceptors (Lipinski definition) is 3. The maximum absolute atomic E-state index is 12.5. The highest BCUT2D eigenvalue weighted by atomic mass is 16.3. The van der Waals surface area contributed by atoms with Gasteiger partial charge in [0.15, 0.2) is 0 Å². The lowest BCUT2D eigenvalue weighted by Gasteiger charge is -2.20. The van der Waals surface area contributed by atoms with Gasteiger partial charge in [0.25, 0.3) is 0 Å². The van der Waals surface area contributed by atoms with Gasteiger partial charge in [0, 0.05) is 6.42 Å². The lowest BCUT2D eigenvalue weighted by Crippen LogP contribution is -2.45. The predicted molar refractivity (Wildman–Crippen MR) is 317 cm³/mol. The van der Waals surface area contributed by atoms with Crippen molar-refractivity contribution in [2.24, 2.45) is 0 Å². The van der Waals surface area contributed by atoms with Crippen molar-refractivity contribution in [3.8, 4) is 0 Å². The Labute approximate surface area is 443 Å². The molecule has 4 nitrogen and oxygen atoms in total. The third-order valence-corrected chi connectivity index (χ3v) is 14.1. The highest BCUT2D eigenvalue weighted by molar-refractivity contribution is 5.76. The summed E-state index contributed by atoms with van der Waals surface area (Å²) in [5, 5.41) is 23.3. The van der Waals surface area contributed by atoms with Crippen LogP contribution in [0.2, 0.25) is 0 Å². The Morgan fingerprint density at radius 2 is 0.620 bits per heavy atom. The molecule has 0 bridgehead atoms. The van der Waals surface area contributed by atoms with Crippen LogP contribution < -0.4 is 5.32 Å². The maximum Gasteiger partial charge on any atom is 0.220 e. The van der Waals surface area contributed by atoms with E-state index in [1.165, 1.54) is 231 Å². The molecule has 71 heavy (non-hydrogen) atoms. The summed E-state index contributed by atoms with van der Waals surface area (Å²) in [5.41, 5.74) is 0. The smallest absolute Gasteiger partial charge is 0.220 e. The zero-order valence-electron chi connectivity index (χ0n) is 47.5. The normalized spacial score (nSPS) is 13.4. The van der Waals surface area contributed by atoms with Gasteiger partial charge in [0.2, 0.25) is 5.91 Å². The minimum atomic E-state index is -0.848. The Balaban J connectivity index is 3.51. The van der Waals surface area contributed by atoms with E-state index in [1.54, 1.807) is 6.08 Å². The molecule has 0 saturated heterocycles. The molecule has 1 amide bonds. The molecule has 4 heteroatoms. The van der Waals surface area contributed by atoms with Gasteiger partial charge in [-0.1, -0.05) is 324 Å². The van der Waals surface area contributed by atoms with E-state index in [0.29, 0.717) is 6.42 Å². The molecule has 0 aromatic carbocycles. The summed E-state index contributed by atoms with van der Waals surface area (Å²) in [4.78, 5) is 12.5. The fraction of sp³-hybridized carbons (Fsp3) is 0.776. The number of aliphatic hydroxyl groups is 2. The molecule has 0 heterocycles. The molecule has 0 aliphatic heterocycles. The standard InChI is InChI=1S/C67H121NO3/c1-3-5-7-9-11-13-15-17-19-21-23-25-27-29-31-33-35-36-38-40-42-44-46-48-50-52-54-56-58-60-62-66(70)65(64-69)68-67(71)63-61-59-57-55-53-51-49-47-45-43-41-39-37-34-32-30-28-26-24-22-20-18-16-14-12-10-8-6-4-2/h6,8,12,14,18,20,24,26,30,32,37,39,60,62,65-66,69-70H,3-5,7,9-11,13,15-17,19,21-23,25,27-29,31,33-36,38,40-59,61,63-64H2,1-2H3,(H,68,71)/b8-6-,14-12-,20-18-,26-24-,32-30-,39-37-,62-60+. The van der Waals surface area contributed by atoms with Gasteiger partial charge in [0.1, 0.15) is 0 Å². The summed E-state index contributed by atoms with van der Waals surface area (Å²) in [7, 11) is 0. The summed E-state index contributed by atoms with van der Waals surface area (Å²) < 4.78 is 0. The highest BCUT2D eigenvalue weighted by Gasteiger charge is 2.18. The molecule has 0 aliphatic carbocycles. The van der Waals surface area contributed by atoms with Crippen LogP contribution in [-0.2, 0) is 4.79 Å². The lowest BCUT2D eigenvalue weighted by molar-refractivity contribution is -0.123. The predicted octanol–water partition coefficient (Wildman–Crippen LogP) is 21.1. The first-order valence-corrected chi connectivity index (χ1v) is 31.3. The number of amides is 1. The maximum atomic E-state index is 12.5. The Hall–Kier alpha value is -2.43. The average molecular weight is 989 g/mol. The van der Waals surface area contributed by atoms with E-state index in [-0.39, 0.29) is 12.5 Å². The second-order valence-corrected chi connectivity index (χ2v) is 21.1. The first-order chi connectivity index (χ1) is 35.2. The molecule has 0 aromatic rings. The summed E-state index contributed by atoms with van der Waals surface area (Å²) in [6.07, 6.45) is 90.6. The molecule has 0 fully saturated rings. The van der Waals surface area contributed by atoms with Crippen LogP contribution in [0.5, 0.6) is 0 Å². The van der Waals surface area contributed by atoms with E-state index < -0.39 is 12.1 Å². The van der Waals surface area contributed by atoms with Crippen LogP contribution in [0.3, 0.4) is 0 Å². The molecular formula is C67H121NO3. The fourth-order valence-corrected chi connectivity index (χ4v) is 9.42. The first kappa shape index (κ1) is 68.6. The third kappa shape index (κ3) is 58.3. The molecule has 0 rings (SSSR count). The molecule has 0 saturated carbocycles. The number of hydrogen-bond donors (Lipinski definition) is 3. The van der Waals surface area contributed by atoms with Gasteiger partial charge >= 0.3 is 0 Å². The van der Waals surface area contributed by atoms with Crippen LogP contribution in [0.15, 0.2) is 85.1 Å². The third-order valence-electron chi connectivity index (χ3n) is 14.1. The molecule has 2 atom stereocenters. The molecular weight excluding hydrogens is 867 g/mol. The fourth-order valence-electron chi connectivity index (χ4n) is 9.42. The van der Waals surface area contributed by atoms with Crippen LogP contribution >= 0.6 is 0 Å². The zero-order valence-corrected chi connectivity index (χ0v) is 47.5. The van der Waals surface area contributed by atoms with Gasteiger partial charge in [-0.05, 0) is 70.6 Å². The van der Waals surface area contributed by atoms with Crippen LogP contribution in [0.25, 0.3) is 0 Å². The van der Waals surface area contributed by atoms with Gasteiger partial charge in [0.05, 0.1) is 18.8 Å². The van der Waals surface area contributed by atoms with E-state index in [9.17, 15) is 15.0 Å². The van der Waals surface area contributed by atoms with Crippen molar-refractivity contribution >= 4 is 5.91 Å². The molecule has 412 valence electrons. The van der Waals surface area contributed by atoms with Crippen molar-refractivity contribution in [3.05, 3.63) is 85.1 Å². The summed E-state index contributed by atoms with van der Waals surface area (Å²) in [6.45, 7) is 4.22. The number of carbonyl (C=O) groups excluding carboxylic acids is 1. The SMILES string of the molecule is CC/C=C\C/C=C\C/C=C\C/C=C\C/C=C\C/C=C\CCCCCCCCCCCCC(=O)NC(CO)C(O)/C=C/CCCCCCCCCCCCCCCCCCCCCCCCCCCCCC. The minimum Gasteiger partial charge on any atom is -0.394 e. The molecule has 3 N–H and O–H groups in total. The van der Waals surface area contributed by atoms with Crippen molar-refractivity contribution in [1.82, 2.24) is 5.32 Å². The largest absolute Gasteiger partial charge is 0.394 e. The summed E-state index contributed by atoms with van der Waals surface area (Å²) in [5.74, 6) is -0.0683. The summed E-state index contributed by atoms with van der Waals surface area (Å²) in [6, 6.07) is -0.631. The van der Waals surface area contributed by atoms with Crippen molar-refractivity contribution in [1.29, 1.82) is 0 Å². The molecule has 0 radical (unpaired) electrons. The van der Waals surface area contributed by atoms with Crippen LogP contribution in [0.4, 0.5) is 0 Å². The summed E-state index contributed by atoms with van der Waals surface area (Å²) >= 11 is 0. The van der Waals surface area contributed by atoms with E-state index >= 15 is 0 Å². The number of carbonyl (C=O) groups is 1. The van der Waals surface area contributed by atoms with E-state index in [2.05, 4.69) is 92.1 Å². The van der Waals surface area contributed by atoms with Gasteiger partial charge in [-0.15, -0.1) is 0 Å². The van der Waals surface area contributed by atoms with Crippen molar-refractivity contribution in [2.75, 3.05) is 6.61 Å². The Morgan fingerprint density at radius 3 is 0.930 bits per heavy atom. The minimum absolute atomic E-state index is 0.0683. The van der Waals surface area contributed by atoms with E-state index in [0.717, 1.165) is 64.2 Å². The second kappa shape index (κ2) is 61.9. The highest BCUT2D eigenvalue weighted by Crippen LogP contribution is 2.17. The van der Waals surface area contributed by atoms with Gasteiger partial charge < -0.3 is 15.5 Å². The van der Waals surface area contributed by atoms with Crippen molar-refractivity contribution in [2.45, 2.75) is 328 Å². The number of allylic oxidation sites excluding steroid dienone is 13. The number of nitrogens with one attached hydrogen (secondary N) is 1. The van der Waals surface area contributed by atoms with Gasteiger partial charge in [-0.3, -0.25) is 4.79 Å². The Morgan fingerprint density at radius 1 is 0.352 bits per heavy atom. The quantitative estimate of drug-likeness (QED) is 0.0420. The molecule has 0 spiro atoms. The molecule has 0 aliphatic rings. The van der Waals surface area contributed by atoms with E-state index in [4.69, 9.17) is 0 Å². The van der Waals surface area contributed by atoms with Crippen LogP contribution in [0, 0.1) is 0 Å². The average Bonchev–Trinajstić information content (AvgIpc) is 3.37. The van der Waals surface area contributed by atoms with Crippen molar-refractivity contribution < 1.29 is 15.0 Å². The van der Waals surface area contributed by atoms with Crippen LogP contribution in [-0.4, -0.2) is 34.9 Å². The number of rotatable bonds is 57. The number of unbranched alkanes of at least 4 members (excludes halogenated alkanes) is 38. The topological polar surface area (TPSA) is 69.6 Å². The zero-order chi connectivity index (χ0) is 51.3.